The van der Waals surface area contributed by atoms with Crippen LogP contribution in [0.25, 0.3) is 0 Å². The predicted molar refractivity (Wildman–Crippen MR) is 131 cm³/mol. The number of nitrogens with one attached hydrogen (secondary N) is 1. The van der Waals surface area contributed by atoms with E-state index >= 15 is 0 Å². The molecule has 2 aromatic rings. The highest BCUT2D eigenvalue weighted by molar-refractivity contribution is 6.07. The van der Waals surface area contributed by atoms with Crippen molar-refractivity contribution in [3.8, 4) is 11.5 Å². The van der Waals surface area contributed by atoms with E-state index in [1.165, 1.54) is 4.90 Å². The first-order valence-corrected chi connectivity index (χ1v) is 12.7. The quantitative estimate of drug-likeness (QED) is 0.569. The third kappa shape index (κ3) is 4.62. The molecule has 0 bridgehead atoms. The van der Waals surface area contributed by atoms with Gasteiger partial charge in [-0.2, -0.15) is 0 Å². The Morgan fingerprint density at radius 1 is 1.14 bits per heavy atom. The number of imide groups is 1. The van der Waals surface area contributed by atoms with Crippen molar-refractivity contribution in [3.63, 3.8) is 0 Å². The summed E-state index contributed by atoms with van der Waals surface area (Å²) >= 11 is 0. The zero-order valence-corrected chi connectivity index (χ0v) is 20.6. The molecule has 3 aliphatic rings. The molecule has 36 heavy (non-hydrogen) atoms. The predicted octanol–water partition coefficient (Wildman–Crippen LogP) is 2.92. The van der Waals surface area contributed by atoms with E-state index in [0.29, 0.717) is 63.2 Å². The number of ether oxygens (including phenoxy) is 2. The van der Waals surface area contributed by atoms with Gasteiger partial charge in [0.1, 0.15) is 5.54 Å². The maximum absolute atomic E-state index is 13.6. The highest BCUT2D eigenvalue weighted by Gasteiger charge is 2.55. The number of nitrogens with zero attached hydrogens (tertiary/aromatic N) is 3. The molecular weight excluding hydrogens is 460 g/mol. The first-order valence-electron chi connectivity index (χ1n) is 12.7. The van der Waals surface area contributed by atoms with E-state index in [-0.39, 0.29) is 30.6 Å². The van der Waals surface area contributed by atoms with Crippen molar-refractivity contribution >= 4 is 17.8 Å². The van der Waals surface area contributed by atoms with E-state index in [0.717, 1.165) is 17.7 Å². The Morgan fingerprint density at radius 3 is 2.69 bits per heavy atom. The molecule has 0 aliphatic carbocycles. The minimum Gasteiger partial charge on any atom is -0.454 e. The molecule has 2 saturated heterocycles. The molecule has 2 fully saturated rings. The smallest absolute Gasteiger partial charge is 0.325 e. The van der Waals surface area contributed by atoms with E-state index in [9.17, 15) is 14.4 Å². The van der Waals surface area contributed by atoms with Gasteiger partial charge in [-0.15, -0.1) is 0 Å². The molecule has 1 atom stereocenters. The Hall–Kier alpha value is -3.62. The lowest BCUT2D eigenvalue weighted by Crippen LogP contribution is -2.56. The first-order chi connectivity index (χ1) is 17.5. The molecule has 1 aromatic carbocycles. The molecule has 0 saturated carbocycles. The summed E-state index contributed by atoms with van der Waals surface area (Å²) < 4.78 is 10.8. The van der Waals surface area contributed by atoms with Gasteiger partial charge in [-0.05, 0) is 55.0 Å². The summed E-state index contributed by atoms with van der Waals surface area (Å²) in [5, 5.41) is 3.07. The summed E-state index contributed by atoms with van der Waals surface area (Å²) in [7, 11) is 0. The van der Waals surface area contributed by atoms with Gasteiger partial charge in [-0.3, -0.25) is 19.5 Å². The molecule has 4 amide bonds. The van der Waals surface area contributed by atoms with E-state index in [2.05, 4.69) is 10.3 Å². The van der Waals surface area contributed by atoms with Crippen LogP contribution in [0.3, 0.4) is 0 Å². The van der Waals surface area contributed by atoms with E-state index < -0.39 is 5.54 Å². The van der Waals surface area contributed by atoms with Gasteiger partial charge in [0, 0.05) is 37.9 Å². The molecular formula is C27H32N4O5. The Kier molecular flexibility index (Phi) is 6.80. The molecule has 0 unspecified atom stereocenters. The summed E-state index contributed by atoms with van der Waals surface area (Å²) in [5.41, 5.74) is 0.832. The lowest BCUT2D eigenvalue weighted by atomic mass is 9.74. The number of fused-ring (bicyclic) bond motifs is 1. The van der Waals surface area contributed by atoms with Crippen LogP contribution in [0.1, 0.15) is 43.9 Å². The van der Waals surface area contributed by atoms with Crippen LogP contribution in [0.4, 0.5) is 4.79 Å². The Morgan fingerprint density at radius 2 is 1.94 bits per heavy atom. The van der Waals surface area contributed by atoms with Gasteiger partial charge in [0.2, 0.25) is 12.7 Å². The van der Waals surface area contributed by atoms with Crippen LogP contribution in [0.5, 0.6) is 11.5 Å². The van der Waals surface area contributed by atoms with Crippen molar-refractivity contribution in [2.45, 2.75) is 51.0 Å². The second-order valence-electron chi connectivity index (χ2n) is 9.70. The van der Waals surface area contributed by atoms with Crippen LogP contribution < -0.4 is 14.8 Å². The van der Waals surface area contributed by atoms with E-state index in [1.54, 1.807) is 6.20 Å². The number of piperidine rings is 1. The van der Waals surface area contributed by atoms with Gasteiger partial charge >= 0.3 is 6.03 Å². The van der Waals surface area contributed by atoms with Crippen molar-refractivity contribution in [2.24, 2.45) is 5.92 Å². The minimum atomic E-state index is -0.900. The van der Waals surface area contributed by atoms with Crippen LogP contribution in [-0.2, 0) is 22.4 Å². The number of urea groups is 1. The highest BCUT2D eigenvalue weighted by atomic mass is 16.7. The second kappa shape index (κ2) is 10.2. The van der Waals surface area contributed by atoms with Crippen molar-refractivity contribution in [1.82, 2.24) is 20.1 Å². The van der Waals surface area contributed by atoms with Crippen LogP contribution in [0.15, 0.2) is 42.6 Å². The van der Waals surface area contributed by atoms with E-state index in [4.69, 9.17) is 9.47 Å². The number of aromatic nitrogens is 1. The van der Waals surface area contributed by atoms with Gasteiger partial charge in [0.05, 0.1) is 6.42 Å². The fourth-order valence-electron chi connectivity index (χ4n) is 5.62. The number of likely N-dealkylation sites (tertiary alicyclic amines) is 1. The average molecular weight is 493 g/mol. The third-order valence-corrected chi connectivity index (χ3v) is 7.50. The summed E-state index contributed by atoms with van der Waals surface area (Å²) in [6.45, 7) is 3.67. The Balaban J connectivity index is 1.21. The number of hydrogen-bond donors (Lipinski definition) is 1. The lowest BCUT2D eigenvalue weighted by molar-refractivity contribution is -0.136. The normalized spacial score (nSPS) is 21.7. The van der Waals surface area contributed by atoms with Crippen LogP contribution >= 0.6 is 0 Å². The number of carbonyl (C=O) groups excluding carboxylic acids is 3. The van der Waals surface area contributed by atoms with Gasteiger partial charge in [0.25, 0.3) is 5.91 Å². The molecule has 9 nitrogen and oxygen atoms in total. The number of benzene rings is 1. The van der Waals surface area contributed by atoms with Crippen LogP contribution in [0, 0.1) is 5.92 Å². The summed E-state index contributed by atoms with van der Waals surface area (Å²) in [6.07, 6.45) is 5.24. The fraction of sp³-hybridized carbons (Fsp3) is 0.481. The van der Waals surface area contributed by atoms with Gasteiger partial charge in [-0.1, -0.05) is 25.5 Å². The second-order valence-corrected chi connectivity index (χ2v) is 9.70. The lowest BCUT2D eigenvalue weighted by Gasteiger charge is -2.41. The highest BCUT2D eigenvalue weighted by Crippen LogP contribution is 2.37. The first kappa shape index (κ1) is 24.1. The van der Waals surface area contributed by atoms with Crippen molar-refractivity contribution in [1.29, 1.82) is 0 Å². The van der Waals surface area contributed by atoms with E-state index in [1.807, 2.05) is 48.2 Å². The Labute approximate surface area is 210 Å². The number of rotatable bonds is 8. The zero-order chi connectivity index (χ0) is 25.1. The topological polar surface area (TPSA) is 101 Å². The largest absolute Gasteiger partial charge is 0.454 e. The van der Waals surface area contributed by atoms with Gasteiger partial charge < -0.3 is 19.7 Å². The number of amides is 4. The van der Waals surface area contributed by atoms with Gasteiger partial charge in [0.15, 0.2) is 11.5 Å². The summed E-state index contributed by atoms with van der Waals surface area (Å²) in [6, 6.07) is 10.9. The third-order valence-electron chi connectivity index (χ3n) is 7.50. The average Bonchev–Trinajstić information content (AvgIpc) is 3.46. The van der Waals surface area contributed by atoms with Crippen LogP contribution in [0.2, 0.25) is 0 Å². The molecule has 190 valence electrons. The number of hydrogen-bond acceptors (Lipinski definition) is 6. The molecule has 4 heterocycles. The molecule has 5 rings (SSSR count). The maximum Gasteiger partial charge on any atom is 0.325 e. The van der Waals surface area contributed by atoms with Crippen molar-refractivity contribution in [2.75, 3.05) is 26.4 Å². The molecule has 1 aromatic heterocycles. The van der Waals surface area contributed by atoms with Crippen LogP contribution in [-0.4, -0.2) is 64.6 Å². The molecule has 3 aliphatic heterocycles. The van der Waals surface area contributed by atoms with Crippen molar-refractivity contribution < 1.29 is 23.9 Å². The summed E-state index contributed by atoms with van der Waals surface area (Å²) in [4.78, 5) is 47.0. The van der Waals surface area contributed by atoms with Crippen molar-refractivity contribution in [3.05, 3.63) is 53.9 Å². The number of pyridine rings is 1. The maximum atomic E-state index is 13.6. The zero-order valence-electron chi connectivity index (χ0n) is 20.6. The Bertz CT molecular complexity index is 1130. The molecule has 0 spiro atoms. The number of carbonyl (C=O) groups is 3. The monoisotopic (exact) mass is 492 g/mol. The SMILES string of the molecule is CCC[C@]1(C2CCN(C(=O)Cc3ccc4c(c3)OCO4)CC2)NC(=O)N(CCc2ccccn2)C1=O. The molecule has 0 radical (unpaired) electrons. The van der Waals surface area contributed by atoms with Gasteiger partial charge in [-0.25, -0.2) is 4.79 Å². The molecule has 9 heteroatoms. The molecule has 1 N–H and O–H groups in total. The fourth-order valence-corrected chi connectivity index (χ4v) is 5.62. The summed E-state index contributed by atoms with van der Waals surface area (Å²) in [5.74, 6) is 1.27. The standard InChI is InChI=1S/C27H32N4O5/c1-2-11-27(25(33)31(26(34)29-27)15-10-21-5-3-4-12-28-21)20-8-13-30(14-9-20)24(32)17-19-6-7-22-23(16-19)36-18-35-22/h3-7,12,16,20H,2,8-11,13-15,17-18H2,1H3,(H,29,34)/t27-/m1/s1. The minimum absolute atomic E-state index is 0.0108.